The fourth-order valence-electron chi connectivity index (χ4n) is 1.79. The molecule has 6 heteroatoms. The van der Waals surface area contributed by atoms with Crippen molar-refractivity contribution in [1.82, 2.24) is 0 Å². The van der Waals surface area contributed by atoms with Gasteiger partial charge in [-0.25, -0.2) is 9.59 Å². The fraction of sp³-hybridized carbons (Fsp3) is 0.125. The summed E-state index contributed by atoms with van der Waals surface area (Å²) < 4.78 is 4.62. The van der Waals surface area contributed by atoms with Crippen LogP contribution in [0, 0.1) is 6.92 Å². The lowest BCUT2D eigenvalue weighted by Gasteiger charge is -2.19. The summed E-state index contributed by atoms with van der Waals surface area (Å²) in [5.41, 5.74) is 1.95. The lowest BCUT2D eigenvalue weighted by atomic mass is 10.2. The Kier molecular flexibility index (Phi) is 4.98. The van der Waals surface area contributed by atoms with Gasteiger partial charge in [0.1, 0.15) is 0 Å². The lowest BCUT2D eigenvalue weighted by molar-refractivity contribution is 0.117. The topological polar surface area (TPSA) is 67.9 Å². The van der Waals surface area contributed by atoms with E-state index in [9.17, 15) is 9.59 Å². The van der Waals surface area contributed by atoms with Crippen molar-refractivity contribution >= 4 is 23.6 Å². The van der Waals surface area contributed by atoms with E-state index in [-0.39, 0.29) is 0 Å². The van der Waals surface area contributed by atoms with Crippen molar-refractivity contribution in [3.8, 4) is 0 Å². The normalized spacial score (nSPS) is 9.73. The van der Waals surface area contributed by atoms with Crippen molar-refractivity contribution in [1.29, 1.82) is 0 Å². The number of benzene rings is 2. The third-order valence-electron chi connectivity index (χ3n) is 2.77. The Balaban J connectivity index is 2.10. The number of hydrogen-bond acceptors (Lipinski definition) is 4. The summed E-state index contributed by atoms with van der Waals surface area (Å²) in [4.78, 5) is 28.7. The standard InChI is InChI=1S/C16H16N2O4/c1-12-7-6-8-13(11-12)17-15(19)22-18(16(20)21-2)14-9-4-3-5-10-14/h3-11H,1-2H3,(H,17,19). The first-order chi connectivity index (χ1) is 10.6. The van der Waals surface area contributed by atoms with E-state index < -0.39 is 12.2 Å². The van der Waals surface area contributed by atoms with Gasteiger partial charge in [0.2, 0.25) is 0 Å². The number of ether oxygens (including phenoxy) is 1. The SMILES string of the molecule is COC(=O)N(OC(=O)Nc1cccc(C)c1)c1ccccc1. The van der Waals surface area contributed by atoms with Gasteiger partial charge in [0.15, 0.2) is 0 Å². The molecule has 0 spiro atoms. The number of nitrogens with one attached hydrogen (secondary N) is 1. The zero-order chi connectivity index (χ0) is 15.9. The molecule has 6 nitrogen and oxygen atoms in total. The Morgan fingerprint density at radius 3 is 2.41 bits per heavy atom. The molecule has 22 heavy (non-hydrogen) atoms. The average molecular weight is 300 g/mol. The van der Waals surface area contributed by atoms with E-state index in [1.807, 2.05) is 13.0 Å². The molecule has 2 rings (SSSR count). The van der Waals surface area contributed by atoms with Crippen LogP contribution in [0.1, 0.15) is 5.56 Å². The van der Waals surface area contributed by atoms with Crippen LogP contribution in [0.5, 0.6) is 0 Å². The number of anilines is 2. The summed E-state index contributed by atoms with van der Waals surface area (Å²) in [6.45, 7) is 1.90. The first-order valence-corrected chi connectivity index (χ1v) is 6.59. The Bertz CT molecular complexity index is 658. The third-order valence-corrected chi connectivity index (χ3v) is 2.77. The molecule has 0 saturated heterocycles. The van der Waals surface area contributed by atoms with Gasteiger partial charge in [-0.15, -0.1) is 5.06 Å². The number of rotatable bonds is 2. The Morgan fingerprint density at radius 2 is 1.77 bits per heavy atom. The van der Waals surface area contributed by atoms with E-state index in [4.69, 9.17) is 4.84 Å². The van der Waals surface area contributed by atoms with Crippen LogP contribution in [0.15, 0.2) is 54.6 Å². The smallest absolute Gasteiger partial charge is 0.448 e. The van der Waals surface area contributed by atoms with Crippen LogP contribution in [-0.2, 0) is 9.57 Å². The van der Waals surface area contributed by atoms with E-state index in [1.165, 1.54) is 7.11 Å². The van der Waals surface area contributed by atoms with Gasteiger partial charge in [-0.05, 0) is 36.8 Å². The number of amides is 2. The van der Waals surface area contributed by atoms with Crippen LogP contribution in [0.2, 0.25) is 0 Å². The van der Waals surface area contributed by atoms with Gasteiger partial charge in [0.25, 0.3) is 0 Å². The summed E-state index contributed by atoms with van der Waals surface area (Å²) in [6.07, 6.45) is -1.59. The molecule has 114 valence electrons. The highest BCUT2D eigenvalue weighted by Gasteiger charge is 2.21. The number of methoxy groups -OCH3 is 1. The summed E-state index contributed by atoms with van der Waals surface area (Å²) in [7, 11) is 1.21. The number of carbonyl (C=O) groups excluding carboxylic acids is 2. The van der Waals surface area contributed by atoms with Crippen LogP contribution < -0.4 is 10.4 Å². The predicted octanol–water partition coefficient (Wildman–Crippen LogP) is 3.73. The molecule has 0 heterocycles. The van der Waals surface area contributed by atoms with Gasteiger partial charge in [-0.3, -0.25) is 5.32 Å². The second kappa shape index (κ2) is 7.12. The van der Waals surface area contributed by atoms with Crippen molar-refractivity contribution < 1.29 is 19.2 Å². The molecular formula is C16H16N2O4. The van der Waals surface area contributed by atoms with Gasteiger partial charge in [0, 0.05) is 5.69 Å². The molecule has 2 amide bonds. The minimum atomic E-state index is -0.800. The van der Waals surface area contributed by atoms with Gasteiger partial charge in [-0.2, -0.15) is 0 Å². The van der Waals surface area contributed by atoms with Crippen LogP contribution in [0.4, 0.5) is 21.0 Å². The Hall–Kier alpha value is -3.02. The molecule has 0 fully saturated rings. The summed E-state index contributed by atoms with van der Waals surface area (Å²) >= 11 is 0. The molecule has 1 N–H and O–H groups in total. The van der Waals surface area contributed by atoms with Crippen LogP contribution in [-0.4, -0.2) is 19.3 Å². The molecule has 0 radical (unpaired) electrons. The molecule has 0 aliphatic rings. The predicted molar refractivity (Wildman–Crippen MR) is 82.6 cm³/mol. The molecule has 0 saturated carbocycles. The van der Waals surface area contributed by atoms with E-state index in [0.29, 0.717) is 11.4 Å². The zero-order valence-electron chi connectivity index (χ0n) is 12.3. The third kappa shape index (κ3) is 3.99. The number of hydroxylamine groups is 1. The fourth-order valence-corrected chi connectivity index (χ4v) is 1.79. The maximum atomic E-state index is 11.9. The Morgan fingerprint density at radius 1 is 1.05 bits per heavy atom. The average Bonchev–Trinajstić information content (AvgIpc) is 2.53. The molecule has 0 atom stereocenters. The van der Waals surface area contributed by atoms with E-state index in [0.717, 1.165) is 10.6 Å². The van der Waals surface area contributed by atoms with Gasteiger partial charge in [0.05, 0.1) is 12.8 Å². The van der Waals surface area contributed by atoms with Crippen molar-refractivity contribution in [2.75, 3.05) is 17.5 Å². The van der Waals surface area contributed by atoms with Gasteiger partial charge >= 0.3 is 12.2 Å². The lowest BCUT2D eigenvalue weighted by Crippen LogP contribution is -2.35. The van der Waals surface area contributed by atoms with Crippen molar-refractivity contribution in [2.45, 2.75) is 6.92 Å². The van der Waals surface area contributed by atoms with Gasteiger partial charge in [-0.1, -0.05) is 30.3 Å². The molecule has 2 aromatic carbocycles. The second-order valence-corrected chi connectivity index (χ2v) is 4.47. The highest BCUT2D eigenvalue weighted by Crippen LogP contribution is 2.16. The number of aryl methyl sites for hydroxylation is 1. The maximum Gasteiger partial charge on any atom is 0.448 e. The minimum Gasteiger partial charge on any atom is -0.450 e. The van der Waals surface area contributed by atoms with Crippen molar-refractivity contribution in [2.24, 2.45) is 0 Å². The van der Waals surface area contributed by atoms with E-state index in [2.05, 4.69) is 10.1 Å². The van der Waals surface area contributed by atoms with Crippen molar-refractivity contribution in [3.05, 3.63) is 60.2 Å². The summed E-state index contributed by atoms with van der Waals surface area (Å²) in [5, 5.41) is 3.33. The molecule has 0 aliphatic heterocycles. The molecule has 0 bridgehead atoms. The zero-order valence-corrected chi connectivity index (χ0v) is 12.3. The van der Waals surface area contributed by atoms with Crippen LogP contribution >= 0.6 is 0 Å². The highest BCUT2D eigenvalue weighted by molar-refractivity contribution is 5.91. The van der Waals surface area contributed by atoms with E-state index >= 15 is 0 Å². The van der Waals surface area contributed by atoms with E-state index in [1.54, 1.807) is 48.5 Å². The maximum absolute atomic E-state index is 11.9. The molecule has 2 aromatic rings. The minimum absolute atomic E-state index is 0.383. The quantitative estimate of drug-likeness (QED) is 0.858. The van der Waals surface area contributed by atoms with Crippen molar-refractivity contribution in [3.63, 3.8) is 0 Å². The first-order valence-electron chi connectivity index (χ1n) is 6.59. The van der Waals surface area contributed by atoms with Gasteiger partial charge < -0.3 is 9.57 Å². The molecule has 0 aliphatic carbocycles. The Labute approximate surface area is 128 Å². The number of carbonyl (C=O) groups is 2. The largest absolute Gasteiger partial charge is 0.450 e. The highest BCUT2D eigenvalue weighted by atomic mass is 16.8. The molecule has 0 aromatic heterocycles. The van der Waals surface area contributed by atoms with Crippen LogP contribution in [0.25, 0.3) is 0 Å². The number of para-hydroxylation sites is 1. The second-order valence-electron chi connectivity index (χ2n) is 4.47. The molecular weight excluding hydrogens is 284 g/mol. The molecule has 0 unspecified atom stereocenters. The first kappa shape index (κ1) is 15.4. The number of nitrogens with zero attached hydrogens (tertiary/aromatic N) is 1. The monoisotopic (exact) mass is 300 g/mol. The summed E-state index contributed by atoms with van der Waals surface area (Å²) in [5.74, 6) is 0. The summed E-state index contributed by atoms with van der Waals surface area (Å²) in [6, 6.07) is 15.7. The number of hydrogen-bond donors (Lipinski definition) is 1. The van der Waals surface area contributed by atoms with Crippen LogP contribution in [0.3, 0.4) is 0 Å².